The Labute approximate surface area is 203 Å². The number of carbonyl (C=O) groups is 1. The van der Waals surface area contributed by atoms with Crippen molar-refractivity contribution in [1.29, 1.82) is 0 Å². The van der Waals surface area contributed by atoms with E-state index in [1.807, 2.05) is 59.5 Å². The molecule has 34 heavy (non-hydrogen) atoms. The minimum absolute atomic E-state index is 0.157. The Morgan fingerprint density at radius 1 is 1.00 bits per heavy atom. The predicted octanol–water partition coefficient (Wildman–Crippen LogP) is 3.84. The quantitative estimate of drug-likeness (QED) is 0.539. The molecule has 2 aromatic carbocycles. The van der Waals surface area contributed by atoms with Crippen LogP contribution in [-0.4, -0.2) is 53.9 Å². The molecule has 176 valence electrons. The highest BCUT2D eigenvalue weighted by atomic mass is 32.2. The van der Waals surface area contributed by atoms with E-state index in [4.69, 9.17) is 4.74 Å². The molecular formula is C26H28N4O3S. The van der Waals surface area contributed by atoms with Gasteiger partial charge in [0.2, 0.25) is 5.91 Å². The van der Waals surface area contributed by atoms with Gasteiger partial charge in [-0.25, -0.2) is 0 Å². The van der Waals surface area contributed by atoms with Crippen LogP contribution in [0.3, 0.4) is 0 Å². The van der Waals surface area contributed by atoms with Crippen LogP contribution in [0, 0.1) is 5.41 Å². The van der Waals surface area contributed by atoms with Gasteiger partial charge in [-0.1, -0.05) is 36.9 Å². The van der Waals surface area contributed by atoms with Crippen LogP contribution in [0.15, 0.2) is 75.4 Å². The molecule has 8 heteroatoms. The number of ether oxygens (including phenoxy) is 1. The molecule has 0 spiro atoms. The van der Waals surface area contributed by atoms with Crippen LogP contribution in [0.25, 0.3) is 5.69 Å². The number of carbonyl (C=O) groups excluding carboxylic acids is 1. The molecule has 5 rings (SSSR count). The van der Waals surface area contributed by atoms with Crippen molar-refractivity contribution >= 4 is 23.4 Å². The number of piperazine rings is 1. The molecule has 0 radical (unpaired) electrons. The van der Waals surface area contributed by atoms with Crippen LogP contribution in [-0.2, 0) is 4.79 Å². The van der Waals surface area contributed by atoms with Gasteiger partial charge in [0.1, 0.15) is 10.6 Å². The Balaban J connectivity index is 1.45. The zero-order valence-corrected chi connectivity index (χ0v) is 20.3. The van der Waals surface area contributed by atoms with Crippen LogP contribution in [0.4, 0.5) is 5.69 Å². The van der Waals surface area contributed by atoms with Crippen molar-refractivity contribution in [3.63, 3.8) is 0 Å². The molecule has 1 aromatic heterocycles. The van der Waals surface area contributed by atoms with Gasteiger partial charge in [-0.3, -0.25) is 9.59 Å². The Morgan fingerprint density at radius 3 is 2.29 bits per heavy atom. The summed E-state index contributed by atoms with van der Waals surface area (Å²) < 4.78 is 6.72. The van der Waals surface area contributed by atoms with E-state index >= 15 is 0 Å². The number of rotatable bonds is 6. The molecule has 0 unspecified atom stereocenters. The minimum Gasteiger partial charge on any atom is -0.497 e. The van der Waals surface area contributed by atoms with Crippen molar-refractivity contribution in [2.24, 2.45) is 5.41 Å². The summed E-state index contributed by atoms with van der Waals surface area (Å²) in [5.74, 6) is 1.03. The molecule has 0 atom stereocenters. The van der Waals surface area contributed by atoms with Crippen molar-refractivity contribution in [2.75, 3.05) is 38.2 Å². The van der Waals surface area contributed by atoms with E-state index in [2.05, 4.69) is 16.9 Å². The van der Waals surface area contributed by atoms with Gasteiger partial charge >= 0.3 is 0 Å². The molecule has 1 amide bonds. The number of methoxy groups -OCH3 is 1. The molecule has 1 aliphatic carbocycles. The number of benzene rings is 2. The maximum absolute atomic E-state index is 13.6. The molecule has 0 N–H and O–H groups in total. The van der Waals surface area contributed by atoms with Gasteiger partial charge in [-0.2, -0.15) is 9.78 Å². The number of anilines is 1. The van der Waals surface area contributed by atoms with E-state index in [9.17, 15) is 9.59 Å². The first-order valence-electron chi connectivity index (χ1n) is 11.5. The lowest BCUT2D eigenvalue weighted by molar-refractivity contribution is -0.136. The monoisotopic (exact) mass is 476 g/mol. The lowest BCUT2D eigenvalue weighted by atomic mass is 10.1. The molecule has 2 fully saturated rings. The fraction of sp³-hybridized carbons (Fsp3) is 0.346. The topological polar surface area (TPSA) is 67.7 Å². The summed E-state index contributed by atoms with van der Waals surface area (Å²) in [6, 6.07) is 17.1. The Bertz CT molecular complexity index is 1230. The van der Waals surface area contributed by atoms with Gasteiger partial charge < -0.3 is 14.5 Å². The molecule has 1 aliphatic heterocycles. The third kappa shape index (κ3) is 4.42. The molecule has 2 aliphatic rings. The average molecular weight is 477 g/mol. The van der Waals surface area contributed by atoms with Gasteiger partial charge in [-0.15, -0.1) is 0 Å². The first-order chi connectivity index (χ1) is 16.5. The van der Waals surface area contributed by atoms with Crippen molar-refractivity contribution in [2.45, 2.75) is 29.6 Å². The van der Waals surface area contributed by atoms with Gasteiger partial charge in [-0.05, 0) is 49.2 Å². The van der Waals surface area contributed by atoms with E-state index in [-0.39, 0.29) is 16.9 Å². The van der Waals surface area contributed by atoms with Crippen molar-refractivity contribution < 1.29 is 9.53 Å². The van der Waals surface area contributed by atoms with Crippen molar-refractivity contribution in [3.05, 3.63) is 71.1 Å². The summed E-state index contributed by atoms with van der Waals surface area (Å²) in [6.45, 7) is 4.72. The largest absolute Gasteiger partial charge is 0.497 e. The van der Waals surface area contributed by atoms with Crippen LogP contribution < -0.4 is 15.2 Å². The zero-order valence-electron chi connectivity index (χ0n) is 19.4. The molecular weight excluding hydrogens is 448 g/mol. The highest BCUT2D eigenvalue weighted by molar-refractivity contribution is 7.99. The fourth-order valence-electron chi connectivity index (χ4n) is 4.20. The average Bonchev–Trinajstić information content (AvgIpc) is 3.64. The maximum atomic E-state index is 13.6. The van der Waals surface area contributed by atoms with Crippen molar-refractivity contribution in [1.82, 2.24) is 14.7 Å². The van der Waals surface area contributed by atoms with E-state index in [0.717, 1.165) is 34.9 Å². The standard InChI is InChI=1S/C26H28N4O3S/c1-26(12-13-26)25(32)29-16-14-28(15-17-29)22-18-27-30(19-6-4-3-5-7-19)24(31)23(22)34-21-10-8-20(33-2)9-11-21/h3-11,18H,12-17H2,1-2H3. The number of aromatic nitrogens is 2. The molecule has 0 bridgehead atoms. The van der Waals surface area contributed by atoms with Crippen LogP contribution in [0.2, 0.25) is 0 Å². The van der Waals surface area contributed by atoms with Crippen LogP contribution in [0.1, 0.15) is 19.8 Å². The van der Waals surface area contributed by atoms with Crippen LogP contribution in [0.5, 0.6) is 5.75 Å². The first kappa shape index (κ1) is 22.5. The van der Waals surface area contributed by atoms with Gasteiger partial charge in [0.15, 0.2) is 0 Å². The second-order valence-corrected chi connectivity index (χ2v) is 10.1. The number of amides is 1. The van der Waals surface area contributed by atoms with E-state index in [1.54, 1.807) is 13.3 Å². The lowest BCUT2D eigenvalue weighted by Crippen LogP contribution is -2.51. The highest BCUT2D eigenvalue weighted by Crippen LogP contribution is 2.46. The Kier molecular flexibility index (Phi) is 6.08. The molecule has 1 saturated carbocycles. The van der Waals surface area contributed by atoms with E-state index < -0.39 is 0 Å². The summed E-state index contributed by atoms with van der Waals surface area (Å²) in [5, 5.41) is 4.51. The highest BCUT2D eigenvalue weighted by Gasteiger charge is 2.47. The van der Waals surface area contributed by atoms with Gasteiger partial charge in [0.25, 0.3) is 5.56 Å². The fourth-order valence-corrected chi connectivity index (χ4v) is 5.17. The second kappa shape index (κ2) is 9.18. The summed E-state index contributed by atoms with van der Waals surface area (Å²) in [4.78, 5) is 32.1. The molecule has 1 saturated heterocycles. The SMILES string of the molecule is COc1ccc(Sc2c(N3CCN(C(=O)C4(C)CC4)CC3)cnn(-c3ccccc3)c2=O)cc1. The lowest BCUT2D eigenvalue weighted by Gasteiger charge is -2.37. The summed E-state index contributed by atoms with van der Waals surface area (Å²) in [7, 11) is 1.63. The van der Waals surface area contributed by atoms with Crippen molar-refractivity contribution in [3.8, 4) is 11.4 Å². The van der Waals surface area contributed by atoms with Gasteiger partial charge in [0.05, 0.1) is 24.7 Å². The van der Waals surface area contributed by atoms with E-state index in [1.165, 1.54) is 16.4 Å². The summed E-state index contributed by atoms with van der Waals surface area (Å²) in [6.07, 6.45) is 3.74. The van der Waals surface area contributed by atoms with Crippen LogP contribution >= 0.6 is 11.8 Å². The smallest absolute Gasteiger partial charge is 0.287 e. The predicted molar refractivity (Wildman–Crippen MR) is 133 cm³/mol. The maximum Gasteiger partial charge on any atom is 0.287 e. The first-order valence-corrected chi connectivity index (χ1v) is 12.3. The second-order valence-electron chi connectivity index (χ2n) is 9.03. The third-order valence-electron chi connectivity index (χ3n) is 6.62. The zero-order chi connectivity index (χ0) is 23.7. The van der Waals surface area contributed by atoms with E-state index in [0.29, 0.717) is 31.1 Å². The Hall–Kier alpha value is -3.26. The Morgan fingerprint density at radius 2 is 1.68 bits per heavy atom. The number of nitrogens with zero attached hydrogens (tertiary/aromatic N) is 4. The summed E-state index contributed by atoms with van der Waals surface area (Å²) in [5.41, 5.74) is 1.22. The third-order valence-corrected chi connectivity index (χ3v) is 7.71. The molecule has 7 nitrogen and oxygen atoms in total. The minimum atomic E-state index is -0.159. The number of hydrogen-bond acceptors (Lipinski definition) is 6. The molecule has 3 aromatic rings. The number of para-hydroxylation sites is 1. The van der Waals surface area contributed by atoms with Gasteiger partial charge in [0, 0.05) is 36.5 Å². The number of hydrogen-bond donors (Lipinski definition) is 0. The molecule has 2 heterocycles. The normalized spacial score (nSPS) is 16.9. The summed E-state index contributed by atoms with van der Waals surface area (Å²) >= 11 is 1.43.